The van der Waals surface area contributed by atoms with Crippen molar-refractivity contribution >= 4 is 5.69 Å². The van der Waals surface area contributed by atoms with E-state index in [2.05, 4.69) is 5.32 Å². The minimum Gasteiger partial charge on any atom is -0.384 e. The van der Waals surface area contributed by atoms with E-state index in [1.54, 1.807) is 14.2 Å². The zero-order chi connectivity index (χ0) is 12.3. The maximum absolute atomic E-state index is 12.2. The third-order valence-corrected chi connectivity index (χ3v) is 3.57. The number of aromatic nitrogens is 1. The number of nitrogens with zero attached hydrogens (tertiary/aromatic N) is 1. The molecule has 0 aromatic carbocycles. The number of pyridine rings is 1. The molecule has 1 saturated carbocycles. The second-order valence-corrected chi connectivity index (χ2v) is 4.51. The molecule has 1 aliphatic carbocycles. The molecule has 0 spiro atoms. The van der Waals surface area contributed by atoms with Crippen LogP contribution in [0.3, 0.4) is 0 Å². The number of rotatable bonds is 3. The first kappa shape index (κ1) is 12.2. The van der Waals surface area contributed by atoms with Crippen LogP contribution in [0.4, 0.5) is 5.69 Å². The van der Waals surface area contributed by atoms with E-state index in [-0.39, 0.29) is 17.7 Å². The van der Waals surface area contributed by atoms with E-state index < -0.39 is 0 Å². The first-order valence-electron chi connectivity index (χ1n) is 6.19. The normalized spacial score (nSPS) is 24.6. The molecule has 1 fully saturated rings. The Morgan fingerprint density at radius 2 is 2.18 bits per heavy atom. The van der Waals surface area contributed by atoms with Crippen LogP contribution in [0.1, 0.15) is 31.7 Å². The van der Waals surface area contributed by atoms with Crippen molar-refractivity contribution in [3.05, 3.63) is 28.7 Å². The van der Waals surface area contributed by atoms with Gasteiger partial charge in [-0.15, -0.1) is 0 Å². The van der Waals surface area contributed by atoms with Crippen LogP contribution in [0.15, 0.2) is 23.1 Å². The predicted octanol–water partition coefficient (Wildman–Crippen LogP) is 2.02. The van der Waals surface area contributed by atoms with Crippen molar-refractivity contribution in [3.63, 3.8) is 0 Å². The summed E-state index contributed by atoms with van der Waals surface area (Å²) in [6.45, 7) is 0. The van der Waals surface area contributed by atoms with Crippen molar-refractivity contribution in [3.8, 4) is 0 Å². The minimum atomic E-state index is 0.0453. The Bertz CT molecular complexity index is 428. The number of hydrogen-bond donors (Lipinski definition) is 1. The lowest BCUT2D eigenvalue weighted by Gasteiger charge is -2.32. The van der Waals surface area contributed by atoms with Crippen LogP contribution in [0.25, 0.3) is 0 Å². The zero-order valence-corrected chi connectivity index (χ0v) is 10.5. The van der Waals surface area contributed by atoms with Gasteiger partial charge in [0.05, 0.1) is 12.1 Å². The lowest BCUT2D eigenvalue weighted by atomic mass is 9.92. The van der Waals surface area contributed by atoms with Crippen LogP contribution in [0, 0.1) is 0 Å². The molecule has 4 heteroatoms. The van der Waals surface area contributed by atoms with E-state index in [9.17, 15) is 4.79 Å². The molecule has 1 aromatic rings. The number of hydrogen-bond acceptors (Lipinski definition) is 3. The quantitative estimate of drug-likeness (QED) is 0.873. The molecule has 0 aliphatic heterocycles. The highest BCUT2D eigenvalue weighted by molar-refractivity contribution is 5.39. The van der Waals surface area contributed by atoms with Gasteiger partial charge in [0.2, 0.25) is 0 Å². The molecule has 0 bridgehead atoms. The summed E-state index contributed by atoms with van der Waals surface area (Å²) in [6.07, 6.45) is 6.44. The van der Waals surface area contributed by atoms with Gasteiger partial charge in [0, 0.05) is 20.4 Å². The molecule has 1 aromatic heterocycles. The zero-order valence-electron chi connectivity index (χ0n) is 10.5. The average molecular weight is 236 g/mol. The summed E-state index contributed by atoms with van der Waals surface area (Å²) in [5.41, 5.74) is 0.692. The molecule has 2 atom stereocenters. The number of methoxy groups -OCH3 is 1. The first-order valence-corrected chi connectivity index (χ1v) is 6.19. The minimum absolute atomic E-state index is 0.0453. The average Bonchev–Trinajstić information content (AvgIpc) is 2.39. The molecule has 94 valence electrons. The van der Waals surface area contributed by atoms with Crippen molar-refractivity contribution < 1.29 is 4.74 Å². The summed E-state index contributed by atoms with van der Waals surface area (Å²) >= 11 is 0. The Morgan fingerprint density at radius 3 is 2.88 bits per heavy atom. The second-order valence-electron chi connectivity index (χ2n) is 4.51. The molecule has 1 heterocycles. The highest BCUT2D eigenvalue weighted by atomic mass is 16.5. The molecule has 1 aliphatic rings. The Balaban J connectivity index is 2.35. The summed E-state index contributed by atoms with van der Waals surface area (Å²) in [7, 11) is 3.51. The molecule has 4 nitrogen and oxygen atoms in total. The van der Waals surface area contributed by atoms with Crippen LogP contribution in [-0.2, 0) is 4.74 Å². The molecule has 17 heavy (non-hydrogen) atoms. The van der Waals surface area contributed by atoms with E-state index in [0.717, 1.165) is 12.8 Å². The lowest BCUT2D eigenvalue weighted by Crippen LogP contribution is -2.36. The Kier molecular flexibility index (Phi) is 3.84. The first-order chi connectivity index (χ1) is 8.27. The highest BCUT2D eigenvalue weighted by Crippen LogP contribution is 2.29. The summed E-state index contributed by atoms with van der Waals surface area (Å²) in [5.74, 6) is 0. The molecule has 0 radical (unpaired) electrons. The van der Waals surface area contributed by atoms with Gasteiger partial charge in [-0.3, -0.25) is 4.79 Å². The van der Waals surface area contributed by atoms with Crippen LogP contribution >= 0.6 is 0 Å². The molecular formula is C13H20N2O2. The van der Waals surface area contributed by atoms with Gasteiger partial charge < -0.3 is 14.6 Å². The van der Waals surface area contributed by atoms with E-state index in [0.29, 0.717) is 5.69 Å². The SMILES string of the molecule is CNc1cccn(C2CCCCC2OC)c1=O. The van der Waals surface area contributed by atoms with E-state index >= 15 is 0 Å². The van der Waals surface area contributed by atoms with Crippen LogP contribution in [0.2, 0.25) is 0 Å². The van der Waals surface area contributed by atoms with Crippen molar-refractivity contribution in [1.29, 1.82) is 0 Å². The second kappa shape index (κ2) is 5.36. The van der Waals surface area contributed by atoms with Crippen molar-refractivity contribution in [2.24, 2.45) is 0 Å². The monoisotopic (exact) mass is 236 g/mol. The maximum Gasteiger partial charge on any atom is 0.274 e. The summed E-state index contributed by atoms with van der Waals surface area (Å²) in [5, 5.41) is 2.93. The van der Waals surface area contributed by atoms with Crippen molar-refractivity contribution in [2.45, 2.75) is 37.8 Å². The maximum atomic E-state index is 12.2. The van der Waals surface area contributed by atoms with E-state index in [1.807, 2.05) is 22.9 Å². The molecule has 1 N–H and O–H groups in total. The predicted molar refractivity (Wildman–Crippen MR) is 68.6 cm³/mol. The third kappa shape index (κ3) is 2.36. The number of anilines is 1. The van der Waals surface area contributed by atoms with Gasteiger partial charge >= 0.3 is 0 Å². The van der Waals surface area contributed by atoms with Gasteiger partial charge in [-0.05, 0) is 25.0 Å². The topological polar surface area (TPSA) is 43.3 Å². The fourth-order valence-corrected chi connectivity index (χ4v) is 2.63. The number of ether oxygens (including phenoxy) is 1. The number of nitrogens with one attached hydrogen (secondary N) is 1. The smallest absolute Gasteiger partial charge is 0.274 e. The third-order valence-electron chi connectivity index (χ3n) is 3.57. The largest absolute Gasteiger partial charge is 0.384 e. The molecule has 0 amide bonds. The Hall–Kier alpha value is -1.29. The fourth-order valence-electron chi connectivity index (χ4n) is 2.63. The molecular weight excluding hydrogens is 216 g/mol. The van der Waals surface area contributed by atoms with Gasteiger partial charge in [0.1, 0.15) is 5.69 Å². The summed E-state index contributed by atoms with van der Waals surface area (Å²) < 4.78 is 7.33. The van der Waals surface area contributed by atoms with E-state index in [4.69, 9.17) is 4.74 Å². The molecule has 2 unspecified atom stereocenters. The Morgan fingerprint density at radius 1 is 1.41 bits per heavy atom. The summed E-state index contributed by atoms with van der Waals surface area (Å²) in [4.78, 5) is 12.2. The van der Waals surface area contributed by atoms with Crippen LogP contribution < -0.4 is 10.9 Å². The van der Waals surface area contributed by atoms with Gasteiger partial charge in [-0.25, -0.2) is 0 Å². The molecule has 2 rings (SSSR count). The van der Waals surface area contributed by atoms with Crippen molar-refractivity contribution in [1.82, 2.24) is 4.57 Å². The van der Waals surface area contributed by atoms with Crippen molar-refractivity contribution in [2.75, 3.05) is 19.5 Å². The highest BCUT2D eigenvalue weighted by Gasteiger charge is 2.27. The van der Waals surface area contributed by atoms with Crippen LogP contribution in [0.5, 0.6) is 0 Å². The molecule has 0 saturated heterocycles. The van der Waals surface area contributed by atoms with Gasteiger partial charge in [0.15, 0.2) is 0 Å². The van der Waals surface area contributed by atoms with Gasteiger partial charge in [-0.2, -0.15) is 0 Å². The summed E-state index contributed by atoms with van der Waals surface area (Å²) in [6, 6.07) is 3.90. The van der Waals surface area contributed by atoms with E-state index in [1.165, 1.54) is 12.8 Å². The fraction of sp³-hybridized carbons (Fsp3) is 0.615. The standard InChI is InChI=1S/C13H20N2O2/c1-14-10-6-5-9-15(13(10)16)11-7-3-4-8-12(11)17-2/h5-6,9,11-12,14H,3-4,7-8H2,1-2H3. The van der Waals surface area contributed by atoms with Gasteiger partial charge in [-0.1, -0.05) is 12.8 Å². The Labute approximate surface area is 102 Å². The van der Waals surface area contributed by atoms with Gasteiger partial charge in [0.25, 0.3) is 5.56 Å². The van der Waals surface area contributed by atoms with Crippen LogP contribution in [-0.4, -0.2) is 24.8 Å². The lowest BCUT2D eigenvalue weighted by molar-refractivity contribution is 0.0278.